The van der Waals surface area contributed by atoms with Crippen molar-refractivity contribution < 1.29 is 8.42 Å². The van der Waals surface area contributed by atoms with Gasteiger partial charge in [-0.2, -0.15) is 10.4 Å². The Bertz CT molecular complexity index is 1320. The summed E-state index contributed by atoms with van der Waals surface area (Å²) >= 11 is 0. The average Bonchev–Trinajstić information content (AvgIpc) is 3.39. The first-order valence-electron chi connectivity index (χ1n) is 9.52. The molecule has 2 heterocycles. The molecule has 3 aromatic rings. The number of imidazole rings is 1. The molecule has 3 saturated carbocycles. The molecule has 1 aromatic carbocycles. The van der Waals surface area contributed by atoms with Gasteiger partial charge in [0, 0.05) is 23.8 Å². The topological polar surface area (TPSA) is 151 Å². The SMILES string of the molecule is CNc1ccc(S(=O)(=O)NC23CCC(C#N)(C2)C3)cc1-c1cnc2c(N)ncnn12. The van der Waals surface area contributed by atoms with Crippen LogP contribution in [0, 0.1) is 16.7 Å². The maximum atomic E-state index is 13.2. The monoisotopic (exact) mass is 424 g/mol. The van der Waals surface area contributed by atoms with Crippen molar-refractivity contribution >= 4 is 27.2 Å². The van der Waals surface area contributed by atoms with Crippen molar-refractivity contribution in [3.8, 4) is 17.3 Å². The van der Waals surface area contributed by atoms with Gasteiger partial charge in [-0.25, -0.2) is 27.6 Å². The lowest BCUT2D eigenvalue weighted by Gasteiger charge is -2.43. The van der Waals surface area contributed by atoms with E-state index in [1.165, 1.54) is 10.8 Å². The number of hydrogen-bond acceptors (Lipinski definition) is 8. The van der Waals surface area contributed by atoms with Crippen molar-refractivity contribution in [2.75, 3.05) is 18.1 Å². The van der Waals surface area contributed by atoms with E-state index in [9.17, 15) is 13.7 Å². The zero-order valence-corrected chi connectivity index (χ0v) is 17.1. The largest absolute Gasteiger partial charge is 0.388 e. The van der Waals surface area contributed by atoms with Gasteiger partial charge in [-0.05, 0) is 43.9 Å². The van der Waals surface area contributed by atoms with E-state index in [2.05, 4.69) is 31.2 Å². The highest BCUT2D eigenvalue weighted by Crippen LogP contribution is 2.61. The molecule has 2 aromatic heterocycles. The molecular weight excluding hydrogens is 404 g/mol. The Morgan fingerprint density at radius 3 is 2.77 bits per heavy atom. The predicted octanol–water partition coefficient (Wildman–Crippen LogP) is 1.53. The molecule has 2 bridgehead atoms. The highest BCUT2D eigenvalue weighted by atomic mass is 32.2. The van der Waals surface area contributed by atoms with Crippen LogP contribution in [0.1, 0.15) is 25.7 Å². The summed E-state index contributed by atoms with van der Waals surface area (Å²) in [5.74, 6) is 0.235. The van der Waals surface area contributed by atoms with Gasteiger partial charge >= 0.3 is 0 Å². The molecule has 11 heteroatoms. The van der Waals surface area contributed by atoms with Crippen LogP contribution in [0.3, 0.4) is 0 Å². The van der Waals surface area contributed by atoms with Crippen LogP contribution in [-0.4, -0.2) is 40.6 Å². The molecule has 0 spiro atoms. The van der Waals surface area contributed by atoms with Crippen molar-refractivity contribution in [2.45, 2.75) is 36.1 Å². The van der Waals surface area contributed by atoms with Crippen LogP contribution in [0.4, 0.5) is 11.5 Å². The molecular formula is C19H20N8O2S. The third-order valence-electron chi connectivity index (χ3n) is 6.20. The second kappa shape index (κ2) is 6.13. The van der Waals surface area contributed by atoms with Crippen molar-refractivity contribution in [1.82, 2.24) is 24.3 Å². The van der Waals surface area contributed by atoms with Gasteiger partial charge < -0.3 is 11.1 Å². The molecule has 0 radical (unpaired) electrons. The minimum Gasteiger partial charge on any atom is -0.388 e. The number of anilines is 2. The number of nitriles is 1. The summed E-state index contributed by atoms with van der Waals surface area (Å²) < 4.78 is 30.7. The Morgan fingerprint density at radius 1 is 1.27 bits per heavy atom. The molecule has 3 aliphatic carbocycles. The molecule has 0 unspecified atom stereocenters. The number of hydrogen-bond donors (Lipinski definition) is 3. The van der Waals surface area contributed by atoms with Crippen molar-refractivity contribution in [2.24, 2.45) is 5.41 Å². The molecule has 6 rings (SSSR count). The summed E-state index contributed by atoms with van der Waals surface area (Å²) in [7, 11) is -2.02. The van der Waals surface area contributed by atoms with Crippen LogP contribution in [-0.2, 0) is 10.0 Å². The number of benzene rings is 1. The number of fused-ring (bicyclic) bond motifs is 2. The number of nitrogen functional groups attached to an aromatic ring is 1. The van der Waals surface area contributed by atoms with E-state index in [-0.39, 0.29) is 16.1 Å². The number of nitrogens with two attached hydrogens (primary N) is 1. The summed E-state index contributed by atoms with van der Waals surface area (Å²) in [4.78, 5) is 8.35. The lowest BCUT2D eigenvalue weighted by molar-refractivity contribution is 0.161. The highest BCUT2D eigenvalue weighted by Gasteiger charge is 2.62. The quantitative estimate of drug-likeness (QED) is 0.558. The van der Waals surface area contributed by atoms with Crippen LogP contribution in [0.5, 0.6) is 0 Å². The normalized spacial score (nSPS) is 25.1. The van der Waals surface area contributed by atoms with Crippen LogP contribution >= 0.6 is 0 Å². The van der Waals surface area contributed by atoms with E-state index in [0.29, 0.717) is 36.2 Å². The summed E-state index contributed by atoms with van der Waals surface area (Å²) in [6, 6.07) is 7.21. The zero-order valence-electron chi connectivity index (χ0n) is 16.3. The Kier molecular flexibility index (Phi) is 3.84. The van der Waals surface area contributed by atoms with Gasteiger partial charge in [0.25, 0.3) is 0 Å². The first-order chi connectivity index (χ1) is 14.3. The fourth-order valence-electron chi connectivity index (χ4n) is 4.82. The summed E-state index contributed by atoms with van der Waals surface area (Å²) in [5.41, 5.74) is 7.32. The predicted molar refractivity (Wildman–Crippen MR) is 110 cm³/mol. The van der Waals surface area contributed by atoms with E-state index >= 15 is 0 Å². The summed E-state index contributed by atoms with van der Waals surface area (Å²) in [6.45, 7) is 0. The third-order valence-corrected chi connectivity index (χ3v) is 7.78. The van der Waals surface area contributed by atoms with Crippen LogP contribution in [0.15, 0.2) is 35.6 Å². The first kappa shape index (κ1) is 18.8. The van der Waals surface area contributed by atoms with Crippen molar-refractivity contribution in [3.63, 3.8) is 0 Å². The second-order valence-electron chi connectivity index (χ2n) is 8.11. The molecule has 3 fully saturated rings. The Labute approximate surface area is 173 Å². The smallest absolute Gasteiger partial charge is 0.241 e. The van der Waals surface area contributed by atoms with Gasteiger partial charge in [0.05, 0.1) is 28.3 Å². The number of nitrogens with one attached hydrogen (secondary N) is 2. The lowest BCUT2D eigenvalue weighted by atomic mass is 9.66. The van der Waals surface area contributed by atoms with Crippen LogP contribution in [0.2, 0.25) is 0 Å². The molecule has 0 atom stereocenters. The van der Waals surface area contributed by atoms with E-state index in [1.807, 2.05) is 0 Å². The van der Waals surface area contributed by atoms with E-state index in [1.54, 1.807) is 31.4 Å². The first-order valence-corrected chi connectivity index (χ1v) is 11.0. The molecule has 10 nitrogen and oxygen atoms in total. The van der Waals surface area contributed by atoms with Crippen LogP contribution < -0.4 is 15.8 Å². The van der Waals surface area contributed by atoms with Gasteiger partial charge in [-0.15, -0.1) is 0 Å². The van der Waals surface area contributed by atoms with Crippen molar-refractivity contribution in [1.29, 1.82) is 5.26 Å². The number of sulfonamides is 1. The van der Waals surface area contributed by atoms with Gasteiger partial charge in [-0.1, -0.05) is 0 Å². The Hall–Kier alpha value is -3.23. The van der Waals surface area contributed by atoms with Gasteiger partial charge in [-0.3, -0.25) is 0 Å². The van der Waals surface area contributed by atoms with E-state index in [0.717, 1.165) is 12.1 Å². The average molecular weight is 424 g/mol. The van der Waals surface area contributed by atoms with Crippen molar-refractivity contribution in [3.05, 3.63) is 30.7 Å². The molecule has 4 N–H and O–H groups in total. The van der Waals surface area contributed by atoms with Gasteiger partial charge in [0.15, 0.2) is 11.5 Å². The molecule has 154 valence electrons. The van der Waals surface area contributed by atoms with E-state index < -0.39 is 15.6 Å². The Morgan fingerprint density at radius 2 is 2.07 bits per heavy atom. The van der Waals surface area contributed by atoms with Gasteiger partial charge in [0.2, 0.25) is 10.0 Å². The van der Waals surface area contributed by atoms with E-state index in [4.69, 9.17) is 5.73 Å². The molecule has 0 amide bonds. The maximum absolute atomic E-state index is 13.2. The maximum Gasteiger partial charge on any atom is 0.241 e. The number of nitrogens with zero attached hydrogens (tertiary/aromatic N) is 5. The highest BCUT2D eigenvalue weighted by molar-refractivity contribution is 7.89. The minimum absolute atomic E-state index is 0.143. The summed E-state index contributed by atoms with van der Waals surface area (Å²) in [5, 5.41) is 16.6. The lowest BCUT2D eigenvalue weighted by Crippen LogP contribution is -2.55. The minimum atomic E-state index is -3.77. The fraction of sp³-hybridized carbons (Fsp3) is 0.368. The van der Waals surface area contributed by atoms with Gasteiger partial charge in [0.1, 0.15) is 6.33 Å². The molecule has 0 aliphatic heterocycles. The van der Waals surface area contributed by atoms with Crippen LogP contribution in [0.25, 0.3) is 16.9 Å². The number of rotatable bonds is 5. The molecule has 30 heavy (non-hydrogen) atoms. The molecule has 3 aliphatic rings. The number of aromatic nitrogens is 4. The standard InChI is InChI=1S/C19H20N8O2S/c1-22-14-3-2-12(30(28,29)26-19-5-4-18(8-19,9-19)10-20)6-13(14)15-7-23-17-16(21)24-11-25-27(15)17/h2-3,6-7,11,22,26H,4-5,8-9H2,1H3,(H2,21,24,25). The zero-order chi connectivity index (χ0) is 21.1. The fourth-order valence-corrected chi connectivity index (χ4v) is 6.27. The Balaban J connectivity index is 1.55. The molecule has 0 saturated heterocycles. The second-order valence-corrected chi connectivity index (χ2v) is 9.80. The summed E-state index contributed by atoms with van der Waals surface area (Å²) in [6.07, 6.45) is 5.47. The third kappa shape index (κ3) is 2.64.